The Morgan fingerprint density at radius 3 is 2.76 bits per heavy atom. The zero-order valence-corrected chi connectivity index (χ0v) is 11.0. The third kappa shape index (κ3) is 3.60. The second-order valence-electron chi connectivity index (χ2n) is 3.91. The highest BCUT2D eigenvalue weighted by Crippen LogP contribution is 2.27. The van der Waals surface area contributed by atoms with Crippen LogP contribution < -0.4 is 15.8 Å². The summed E-state index contributed by atoms with van der Waals surface area (Å²) in [7, 11) is 1.58. The van der Waals surface area contributed by atoms with Crippen LogP contribution in [0.4, 0.5) is 5.69 Å². The number of hydrogen-bond donors (Lipinski definition) is 2. The number of piperidine rings is 1. The van der Waals surface area contributed by atoms with E-state index in [1.165, 1.54) is 18.4 Å². The van der Waals surface area contributed by atoms with Gasteiger partial charge >= 0.3 is 0 Å². The van der Waals surface area contributed by atoms with Crippen LogP contribution in [0.2, 0.25) is 0 Å². The van der Waals surface area contributed by atoms with Crippen LogP contribution in [0.25, 0.3) is 0 Å². The van der Waals surface area contributed by atoms with Crippen LogP contribution in [-0.4, -0.2) is 25.2 Å². The Balaban J connectivity index is 0.000000686. The number of nitrogens with zero attached hydrogens (tertiary/aromatic N) is 1. The van der Waals surface area contributed by atoms with Gasteiger partial charge in [-0.1, -0.05) is 13.8 Å². The van der Waals surface area contributed by atoms with E-state index in [1.807, 2.05) is 26.1 Å². The molecule has 3 N–H and O–H groups in total. The fourth-order valence-corrected chi connectivity index (χ4v) is 2.02. The van der Waals surface area contributed by atoms with Crippen molar-refractivity contribution in [1.82, 2.24) is 10.3 Å². The van der Waals surface area contributed by atoms with Gasteiger partial charge in [0.1, 0.15) is 0 Å². The van der Waals surface area contributed by atoms with Crippen LogP contribution >= 0.6 is 0 Å². The average Bonchev–Trinajstić information content (AvgIpc) is 2.42. The van der Waals surface area contributed by atoms with E-state index in [4.69, 9.17) is 10.5 Å². The maximum Gasteiger partial charge on any atom is 0.236 e. The zero-order chi connectivity index (χ0) is 12.7. The summed E-state index contributed by atoms with van der Waals surface area (Å²) in [4.78, 5) is 4.20. The van der Waals surface area contributed by atoms with Crippen molar-refractivity contribution in [3.63, 3.8) is 0 Å². The van der Waals surface area contributed by atoms with E-state index < -0.39 is 0 Å². The number of ether oxygens (including phenoxy) is 1. The normalized spacial score (nSPS) is 19.1. The van der Waals surface area contributed by atoms with Gasteiger partial charge in [-0.25, -0.2) is 4.98 Å². The molecule has 0 aromatic carbocycles. The van der Waals surface area contributed by atoms with Crippen molar-refractivity contribution >= 4 is 5.69 Å². The minimum absolute atomic E-state index is 0.516. The first-order valence-corrected chi connectivity index (χ1v) is 6.31. The minimum atomic E-state index is 0.516. The van der Waals surface area contributed by atoms with Crippen LogP contribution in [0, 0.1) is 0 Å². The summed E-state index contributed by atoms with van der Waals surface area (Å²) < 4.78 is 5.04. The Bertz CT molecular complexity index is 335. The quantitative estimate of drug-likeness (QED) is 0.827. The van der Waals surface area contributed by atoms with Crippen LogP contribution in [0.15, 0.2) is 12.3 Å². The maximum absolute atomic E-state index is 5.83. The smallest absolute Gasteiger partial charge is 0.236 e. The molecule has 1 saturated heterocycles. The third-order valence-electron chi connectivity index (χ3n) is 2.86. The number of anilines is 1. The summed E-state index contributed by atoms with van der Waals surface area (Å²) >= 11 is 0. The van der Waals surface area contributed by atoms with Crippen molar-refractivity contribution in [3.8, 4) is 5.88 Å². The number of methoxy groups -OCH3 is 1. The maximum atomic E-state index is 5.83. The Morgan fingerprint density at radius 2 is 2.24 bits per heavy atom. The molecule has 0 bridgehead atoms. The van der Waals surface area contributed by atoms with Gasteiger partial charge in [0.05, 0.1) is 12.8 Å². The van der Waals surface area contributed by atoms with Crippen molar-refractivity contribution in [2.75, 3.05) is 25.9 Å². The third-order valence-corrected chi connectivity index (χ3v) is 2.86. The highest BCUT2D eigenvalue weighted by atomic mass is 16.5. The molecule has 2 heterocycles. The molecule has 17 heavy (non-hydrogen) atoms. The van der Waals surface area contributed by atoms with Crippen molar-refractivity contribution in [1.29, 1.82) is 0 Å². The highest BCUT2D eigenvalue weighted by molar-refractivity contribution is 5.50. The molecule has 1 atom stereocenters. The molecule has 1 aliphatic rings. The lowest BCUT2D eigenvalue weighted by molar-refractivity contribution is 0.398. The summed E-state index contributed by atoms with van der Waals surface area (Å²) in [6.07, 6.45) is 4.30. The highest BCUT2D eigenvalue weighted by Gasteiger charge is 2.16. The summed E-state index contributed by atoms with van der Waals surface area (Å²) in [5.41, 5.74) is 7.66. The molecule has 2 rings (SSSR count). The predicted molar refractivity (Wildman–Crippen MR) is 71.4 cm³/mol. The lowest BCUT2D eigenvalue weighted by atomic mass is 9.93. The van der Waals surface area contributed by atoms with Crippen molar-refractivity contribution in [2.45, 2.75) is 32.6 Å². The van der Waals surface area contributed by atoms with E-state index in [1.54, 1.807) is 7.11 Å². The van der Waals surface area contributed by atoms with Crippen molar-refractivity contribution < 1.29 is 4.74 Å². The molecule has 1 aromatic rings. The van der Waals surface area contributed by atoms with E-state index in [0.29, 0.717) is 17.5 Å². The van der Waals surface area contributed by atoms with Gasteiger partial charge in [-0.2, -0.15) is 0 Å². The second-order valence-corrected chi connectivity index (χ2v) is 3.91. The van der Waals surface area contributed by atoms with Gasteiger partial charge in [-0.3, -0.25) is 0 Å². The SMILES string of the molecule is CC.COc1ncc(C2CCCNC2)cc1N. The predicted octanol–water partition coefficient (Wildman–Crippen LogP) is 2.17. The minimum Gasteiger partial charge on any atom is -0.480 e. The van der Waals surface area contributed by atoms with Gasteiger partial charge in [0, 0.05) is 12.7 Å². The number of aromatic nitrogens is 1. The summed E-state index contributed by atoms with van der Waals surface area (Å²) in [5, 5.41) is 3.38. The first kappa shape index (κ1) is 13.8. The number of nitrogen functional groups attached to an aromatic ring is 1. The topological polar surface area (TPSA) is 60.2 Å². The lowest BCUT2D eigenvalue weighted by Gasteiger charge is -2.23. The molecule has 1 fully saturated rings. The average molecular weight is 237 g/mol. The molecule has 0 amide bonds. The van der Waals surface area contributed by atoms with Crippen LogP contribution in [-0.2, 0) is 0 Å². The van der Waals surface area contributed by atoms with E-state index in [-0.39, 0.29) is 0 Å². The molecule has 1 aliphatic heterocycles. The Labute approximate surface area is 104 Å². The molecule has 1 unspecified atom stereocenters. The van der Waals surface area contributed by atoms with Gasteiger partial charge in [0.2, 0.25) is 5.88 Å². The van der Waals surface area contributed by atoms with Crippen molar-refractivity contribution in [3.05, 3.63) is 17.8 Å². The summed E-state index contributed by atoms with van der Waals surface area (Å²) in [6.45, 7) is 6.14. The molecule has 96 valence electrons. The van der Waals surface area contributed by atoms with E-state index in [0.717, 1.165) is 13.1 Å². The Morgan fingerprint density at radius 1 is 1.47 bits per heavy atom. The van der Waals surface area contributed by atoms with Crippen molar-refractivity contribution in [2.24, 2.45) is 0 Å². The molecule has 4 nitrogen and oxygen atoms in total. The van der Waals surface area contributed by atoms with Gasteiger partial charge in [-0.05, 0) is 36.9 Å². The molecule has 4 heteroatoms. The van der Waals surface area contributed by atoms with Gasteiger partial charge < -0.3 is 15.8 Å². The first-order valence-electron chi connectivity index (χ1n) is 6.31. The Kier molecular flexibility index (Phi) is 5.77. The molecule has 0 spiro atoms. The zero-order valence-electron chi connectivity index (χ0n) is 11.0. The van der Waals surface area contributed by atoms with Crippen LogP contribution in [0.5, 0.6) is 5.88 Å². The number of nitrogens with one attached hydrogen (secondary N) is 1. The van der Waals surface area contributed by atoms with Crippen LogP contribution in [0.3, 0.4) is 0 Å². The lowest BCUT2D eigenvalue weighted by Crippen LogP contribution is -2.28. The molecular weight excluding hydrogens is 214 g/mol. The summed E-state index contributed by atoms with van der Waals surface area (Å²) in [5.74, 6) is 1.06. The van der Waals surface area contributed by atoms with Gasteiger partial charge in [0.15, 0.2) is 0 Å². The standard InChI is InChI=1S/C11H17N3O.C2H6/c1-15-11-10(12)5-9(7-14-11)8-3-2-4-13-6-8;1-2/h5,7-8,13H,2-4,6,12H2,1H3;1-2H3. The molecule has 0 radical (unpaired) electrons. The fourth-order valence-electron chi connectivity index (χ4n) is 2.02. The van der Waals surface area contributed by atoms with Gasteiger partial charge in [-0.15, -0.1) is 0 Å². The largest absolute Gasteiger partial charge is 0.480 e. The van der Waals surface area contributed by atoms with Gasteiger partial charge in [0.25, 0.3) is 0 Å². The fraction of sp³-hybridized carbons (Fsp3) is 0.615. The number of nitrogens with two attached hydrogens (primary N) is 1. The number of rotatable bonds is 2. The number of hydrogen-bond acceptors (Lipinski definition) is 4. The molecular formula is C13H23N3O. The summed E-state index contributed by atoms with van der Waals surface area (Å²) in [6, 6.07) is 1.98. The molecule has 0 saturated carbocycles. The van der Waals surface area contributed by atoms with E-state index in [9.17, 15) is 0 Å². The molecule has 1 aromatic heterocycles. The molecule has 0 aliphatic carbocycles. The Hall–Kier alpha value is -1.29. The second kappa shape index (κ2) is 7.12. The first-order chi connectivity index (χ1) is 8.31. The van der Waals surface area contributed by atoms with E-state index >= 15 is 0 Å². The monoisotopic (exact) mass is 237 g/mol. The van der Waals surface area contributed by atoms with E-state index in [2.05, 4.69) is 10.3 Å². The van der Waals surface area contributed by atoms with Crippen LogP contribution in [0.1, 0.15) is 38.2 Å². The number of pyridine rings is 1.